The van der Waals surface area contributed by atoms with Crippen molar-refractivity contribution in [1.29, 1.82) is 0 Å². The maximum absolute atomic E-state index is 12.9. The lowest BCUT2D eigenvalue weighted by atomic mass is 10.2. The highest BCUT2D eigenvalue weighted by molar-refractivity contribution is 7.89. The van der Waals surface area contributed by atoms with Crippen LogP contribution in [0.3, 0.4) is 0 Å². The second-order valence-electron chi connectivity index (χ2n) is 5.88. The van der Waals surface area contributed by atoms with Crippen LogP contribution in [0.25, 0.3) is 0 Å². The number of benzene rings is 2. The van der Waals surface area contributed by atoms with E-state index in [1.54, 1.807) is 0 Å². The first-order valence-electron chi connectivity index (χ1n) is 7.86. The first-order valence-corrected chi connectivity index (χ1v) is 10.1. The molecule has 0 saturated carbocycles. The number of amides is 1. The third-order valence-corrected chi connectivity index (χ3v) is 6.55. The summed E-state index contributed by atoms with van der Waals surface area (Å²) >= 11 is 11.7. The maximum atomic E-state index is 12.9. The van der Waals surface area contributed by atoms with Gasteiger partial charge < -0.3 is 10.4 Å². The highest BCUT2D eigenvalue weighted by Gasteiger charge is 2.39. The molecule has 138 valence electrons. The van der Waals surface area contributed by atoms with E-state index in [2.05, 4.69) is 5.32 Å². The van der Waals surface area contributed by atoms with E-state index >= 15 is 0 Å². The molecule has 2 aromatic rings. The SMILES string of the molecule is O=C(Nc1cc(Cl)ccc1O)[C@@H]1CCCN1S(=O)(=O)c1ccc(Cl)cc1. The summed E-state index contributed by atoms with van der Waals surface area (Å²) in [5, 5.41) is 13.2. The van der Waals surface area contributed by atoms with Crippen LogP contribution in [0.2, 0.25) is 10.0 Å². The molecule has 0 bridgehead atoms. The lowest BCUT2D eigenvalue weighted by Crippen LogP contribution is -2.43. The Labute approximate surface area is 161 Å². The van der Waals surface area contributed by atoms with Crippen LogP contribution in [0.5, 0.6) is 5.75 Å². The Kier molecular flexibility index (Phi) is 5.43. The number of nitrogens with one attached hydrogen (secondary N) is 1. The zero-order valence-corrected chi connectivity index (χ0v) is 15.9. The highest BCUT2D eigenvalue weighted by atomic mass is 35.5. The summed E-state index contributed by atoms with van der Waals surface area (Å²) in [4.78, 5) is 12.7. The van der Waals surface area contributed by atoms with Crippen molar-refractivity contribution in [2.75, 3.05) is 11.9 Å². The Morgan fingerprint density at radius 2 is 1.77 bits per heavy atom. The number of phenols is 1. The molecule has 1 heterocycles. The van der Waals surface area contributed by atoms with Gasteiger partial charge in [-0.3, -0.25) is 4.79 Å². The molecule has 0 aliphatic carbocycles. The van der Waals surface area contributed by atoms with Crippen molar-refractivity contribution >= 4 is 44.8 Å². The molecule has 2 N–H and O–H groups in total. The van der Waals surface area contributed by atoms with Gasteiger partial charge in [-0.1, -0.05) is 23.2 Å². The monoisotopic (exact) mass is 414 g/mol. The minimum Gasteiger partial charge on any atom is -0.506 e. The molecule has 0 unspecified atom stereocenters. The van der Waals surface area contributed by atoms with Crippen LogP contribution in [0, 0.1) is 0 Å². The number of phenolic OH excluding ortho intramolecular Hbond substituents is 1. The van der Waals surface area contributed by atoms with Gasteiger partial charge in [-0.25, -0.2) is 8.42 Å². The molecule has 1 atom stereocenters. The van der Waals surface area contributed by atoms with Crippen molar-refractivity contribution < 1.29 is 18.3 Å². The molecule has 1 aliphatic heterocycles. The fourth-order valence-electron chi connectivity index (χ4n) is 2.86. The molecule has 1 amide bonds. The van der Waals surface area contributed by atoms with E-state index in [9.17, 15) is 18.3 Å². The van der Waals surface area contributed by atoms with Gasteiger partial charge in [0, 0.05) is 16.6 Å². The molecule has 1 aliphatic rings. The number of halogens is 2. The predicted molar refractivity (Wildman–Crippen MR) is 100 cm³/mol. The Morgan fingerprint density at radius 1 is 1.12 bits per heavy atom. The summed E-state index contributed by atoms with van der Waals surface area (Å²) in [6.45, 7) is 0.241. The molecular formula is C17H16Cl2N2O4S. The van der Waals surface area contributed by atoms with Gasteiger partial charge in [0.25, 0.3) is 0 Å². The number of sulfonamides is 1. The Balaban J connectivity index is 1.84. The number of hydrogen-bond acceptors (Lipinski definition) is 4. The third kappa shape index (κ3) is 3.81. The van der Waals surface area contributed by atoms with E-state index in [-0.39, 0.29) is 22.9 Å². The molecule has 3 rings (SSSR count). The number of aromatic hydroxyl groups is 1. The molecule has 1 fully saturated rings. The van der Waals surface area contributed by atoms with Crippen LogP contribution in [0.4, 0.5) is 5.69 Å². The lowest BCUT2D eigenvalue weighted by Gasteiger charge is -2.23. The first kappa shape index (κ1) is 19.0. The highest BCUT2D eigenvalue weighted by Crippen LogP contribution is 2.30. The van der Waals surface area contributed by atoms with Gasteiger partial charge in [0.15, 0.2) is 0 Å². The number of rotatable bonds is 4. The lowest BCUT2D eigenvalue weighted by molar-refractivity contribution is -0.119. The van der Waals surface area contributed by atoms with Crippen molar-refractivity contribution in [3.8, 4) is 5.75 Å². The minimum atomic E-state index is -3.83. The summed E-state index contributed by atoms with van der Waals surface area (Å²) in [5.74, 6) is -0.662. The predicted octanol–water partition coefficient (Wildman–Crippen LogP) is 3.49. The van der Waals surface area contributed by atoms with Crippen molar-refractivity contribution in [3.63, 3.8) is 0 Å². The smallest absolute Gasteiger partial charge is 0.243 e. The molecule has 0 radical (unpaired) electrons. The van der Waals surface area contributed by atoms with Crippen LogP contribution in [-0.2, 0) is 14.8 Å². The minimum absolute atomic E-state index is 0.0761. The average molecular weight is 415 g/mol. The van der Waals surface area contributed by atoms with Crippen molar-refractivity contribution in [1.82, 2.24) is 4.31 Å². The molecule has 9 heteroatoms. The van der Waals surface area contributed by atoms with Gasteiger partial charge in [0.05, 0.1) is 10.6 Å². The summed E-state index contributed by atoms with van der Waals surface area (Å²) in [6.07, 6.45) is 0.951. The van der Waals surface area contributed by atoms with Gasteiger partial charge in [-0.2, -0.15) is 4.31 Å². The van der Waals surface area contributed by atoms with Crippen molar-refractivity contribution in [2.24, 2.45) is 0 Å². The maximum Gasteiger partial charge on any atom is 0.243 e. The van der Waals surface area contributed by atoms with Crippen LogP contribution in [0.15, 0.2) is 47.4 Å². The van der Waals surface area contributed by atoms with Gasteiger partial charge >= 0.3 is 0 Å². The second kappa shape index (κ2) is 7.44. The number of nitrogens with zero attached hydrogens (tertiary/aromatic N) is 1. The van der Waals surface area contributed by atoms with Crippen LogP contribution in [0.1, 0.15) is 12.8 Å². The van der Waals surface area contributed by atoms with E-state index < -0.39 is 22.0 Å². The Bertz CT molecular complexity index is 932. The molecule has 0 spiro atoms. The van der Waals surface area contributed by atoms with Crippen molar-refractivity contribution in [2.45, 2.75) is 23.8 Å². The van der Waals surface area contributed by atoms with E-state index in [0.29, 0.717) is 22.9 Å². The quantitative estimate of drug-likeness (QED) is 0.749. The van der Waals surface area contributed by atoms with Gasteiger partial charge in [-0.05, 0) is 55.3 Å². The van der Waals surface area contributed by atoms with E-state index in [1.165, 1.54) is 46.8 Å². The Hall–Kier alpha value is -1.80. The van der Waals surface area contributed by atoms with Crippen LogP contribution >= 0.6 is 23.2 Å². The van der Waals surface area contributed by atoms with Gasteiger partial charge in [0.2, 0.25) is 15.9 Å². The van der Waals surface area contributed by atoms with Gasteiger partial charge in [0.1, 0.15) is 11.8 Å². The molecule has 6 nitrogen and oxygen atoms in total. The standard InChI is InChI=1S/C17H16Cl2N2O4S/c18-11-3-6-13(7-4-11)26(24,25)21-9-1-2-15(21)17(23)20-14-10-12(19)5-8-16(14)22/h3-8,10,15,22H,1-2,9H2,(H,20,23)/t15-/m0/s1. The third-order valence-electron chi connectivity index (χ3n) is 4.14. The van der Waals surface area contributed by atoms with E-state index in [0.717, 1.165) is 0 Å². The summed E-state index contributed by atoms with van der Waals surface area (Å²) in [7, 11) is -3.83. The Morgan fingerprint density at radius 3 is 2.46 bits per heavy atom. The zero-order chi connectivity index (χ0) is 18.9. The zero-order valence-electron chi connectivity index (χ0n) is 13.5. The molecule has 0 aromatic heterocycles. The summed E-state index contributed by atoms with van der Waals surface area (Å²) in [5.41, 5.74) is 0.137. The molecule has 26 heavy (non-hydrogen) atoms. The number of carbonyl (C=O) groups is 1. The number of hydrogen-bond donors (Lipinski definition) is 2. The molecular weight excluding hydrogens is 399 g/mol. The topological polar surface area (TPSA) is 86.7 Å². The van der Waals surface area contributed by atoms with E-state index in [1.807, 2.05) is 0 Å². The normalized spacial score (nSPS) is 18.0. The summed E-state index contributed by atoms with van der Waals surface area (Å²) in [6, 6.07) is 9.18. The van der Waals surface area contributed by atoms with Gasteiger partial charge in [-0.15, -0.1) is 0 Å². The first-order chi connectivity index (χ1) is 12.3. The number of carbonyl (C=O) groups excluding carboxylic acids is 1. The van der Waals surface area contributed by atoms with E-state index in [4.69, 9.17) is 23.2 Å². The summed E-state index contributed by atoms with van der Waals surface area (Å²) < 4.78 is 26.9. The van der Waals surface area contributed by atoms with Crippen LogP contribution < -0.4 is 5.32 Å². The fraction of sp³-hybridized carbons (Fsp3) is 0.235. The second-order valence-corrected chi connectivity index (χ2v) is 8.64. The molecule has 1 saturated heterocycles. The van der Waals surface area contributed by atoms with Crippen LogP contribution in [-0.4, -0.2) is 36.3 Å². The fourth-order valence-corrected chi connectivity index (χ4v) is 4.81. The van der Waals surface area contributed by atoms with Crippen molar-refractivity contribution in [3.05, 3.63) is 52.5 Å². The average Bonchev–Trinajstić information content (AvgIpc) is 3.09. The number of anilines is 1. The molecule has 2 aromatic carbocycles. The largest absolute Gasteiger partial charge is 0.506 e.